The zero-order valence-electron chi connectivity index (χ0n) is 15.1. The fourth-order valence-corrected chi connectivity index (χ4v) is 2.82. The van der Waals surface area contributed by atoms with Crippen LogP contribution in [0.15, 0.2) is 42.5 Å². The first-order valence-electron chi connectivity index (χ1n) is 8.84. The second-order valence-electron chi connectivity index (χ2n) is 6.97. The largest absolute Gasteiger partial charge is 0.377 e. The Bertz CT molecular complexity index is 501. The van der Waals surface area contributed by atoms with Crippen LogP contribution in [0.2, 0.25) is 0 Å². The quantitative estimate of drug-likeness (QED) is 0.553. The summed E-state index contributed by atoms with van der Waals surface area (Å²) in [7, 11) is 0. The molecule has 2 N–H and O–H groups in total. The standard InChI is InChI=1S/C20H31NO3/c1-16(12-13-22-15-17-9-5-4-6-10-17)8-7-11-18-19(14-21)24-20(2,3)23-18/h4-7,9-11,16,18-19H,8,12-15,21H2,1-3H3/b11-7+. The lowest BCUT2D eigenvalue weighted by atomic mass is 10.0. The molecule has 134 valence electrons. The number of benzene rings is 1. The summed E-state index contributed by atoms with van der Waals surface area (Å²) in [5.41, 5.74) is 6.97. The van der Waals surface area contributed by atoms with Gasteiger partial charge in [-0.05, 0) is 38.2 Å². The maximum Gasteiger partial charge on any atom is 0.164 e. The van der Waals surface area contributed by atoms with Crippen LogP contribution < -0.4 is 5.73 Å². The highest BCUT2D eigenvalue weighted by Crippen LogP contribution is 2.28. The molecule has 1 fully saturated rings. The van der Waals surface area contributed by atoms with Crippen molar-refractivity contribution in [2.45, 2.75) is 58.2 Å². The van der Waals surface area contributed by atoms with Gasteiger partial charge in [-0.15, -0.1) is 0 Å². The first-order valence-corrected chi connectivity index (χ1v) is 8.84. The highest BCUT2D eigenvalue weighted by molar-refractivity contribution is 5.13. The minimum Gasteiger partial charge on any atom is -0.377 e. The van der Waals surface area contributed by atoms with E-state index in [-0.39, 0.29) is 12.2 Å². The summed E-state index contributed by atoms with van der Waals surface area (Å²) in [5, 5.41) is 0. The SMILES string of the molecule is CC(C/C=C/C1OC(C)(C)OC1CN)CCOCc1ccccc1. The molecule has 0 bridgehead atoms. The van der Waals surface area contributed by atoms with Crippen LogP contribution in [0.1, 0.15) is 39.2 Å². The summed E-state index contributed by atoms with van der Waals surface area (Å²) < 4.78 is 17.4. The van der Waals surface area contributed by atoms with E-state index in [1.807, 2.05) is 32.0 Å². The van der Waals surface area contributed by atoms with Crippen LogP contribution in [-0.4, -0.2) is 31.1 Å². The van der Waals surface area contributed by atoms with Crippen molar-refractivity contribution < 1.29 is 14.2 Å². The highest BCUT2D eigenvalue weighted by atomic mass is 16.7. The van der Waals surface area contributed by atoms with Gasteiger partial charge in [-0.2, -0.15) is 0 Å². The van der Waals surface area contributed by atoms with Gasteiger partial charge in [-0.1, -0.05) is 49.4 Å². The number of rotatable bonds is 9. The fraction of sp³-hybridized carbons (Fsp3) is 0.600. The first-order chi connectivity index (χ1) is 11.5. The molecule has 1 heterocycles. The van der Waals surface area contributed by atoms with Gasteiger partial charge in [0.2, 0.25) is 0 Å². The van der Waals surface area contributed by atoms with Crippen molar-refractivity contribution >= 4 is 0 Å². The summed E-state index contributed by atoms with van der Waals surface area (Å²) in [5.74, 6) is 0.0272. The number of allylic oxidation sites excluding steroid dienone is 1. The molecule has 3 atom stereocenters. The normalized spacial score (nSPS) is 24.5. The van der Waals surface area contributed by atoms with Crippen LogP contribution >= 0.6 is 0 Å². The van der Waals surface area contributed by atoms with E-state index < -0.39 is 5.79 Å². The van der Waals surface area contributed by atoms with E-state index in [0.29, 0.717) is 19.1 Å². The van der Waals surface area contributed by atoms with E-state index in [1.165, 1.54) is 5.56 Å². The molecule has 4 heteroatoms. The average molecular weight is 333 g/mol. The highest BCUT2D eigenvalue weighted by Gasteiger charge is 2.38. The number of hydrogen-bond donors (Lipinski definition) is 1. The average Bonchev–Trinajstić information content (AvgIpc) is 2.86. The van der Waals surface area contributed by atoms with Crippen LogP contribution in [-0.2, 0) is 20.8 Å². The molecule has 1 aromatic carbocycles. The third-order valence-electron chi connectivity index (χ3n) is 4.18. The van der Waals surface area contributed by atoms with Crippen LogP contribution in [0.3, 0.4) is 0 Å². The van der Waals surface area contributed by atoms with Gasteiger partial charge < -0.3 is 19.9 Å². The molecule has 0 radical (unpaired) electrons. The Morgan fingerprint density at radius 2 is 2.00 bits per heavy atom. The van der Waals surface area contributed by atoms with Gasteiger partial charge in [0, 0.05) is 13.2 Å². The minimum absolute atomic E-state index is 0.0495. The van der Waals surface area contributed by atoms with Crippen LogP contribution in [0.25, 0.3) is 0 Å². The Morgan fingerprint density at radius 3 is 2.71 bits per heavy atom. The molecule has 24 heavy (non-hydrogen) atoms. The third-order valence-corrected chi connectivity index (χ3v) is 4.18. The van der Waals surface area contributed by atoms with Gasteiger partial charge in [0.25, 0.3) is 0 Å². The molecule has 1 aliphatic rings. The molecular weight excluding hydrogens is 302 g/mol. The second-order valence-corrected chi connectivity index (χ2v) is 6.97. The second kappa shape index (κ2) is 9.33. The van der Waals surface area contributed by atoms with Gasteiger partial charge in [0.15, 0.2) is 5.79 Å². The Hall–Kier alpha value is -1.20. The van der Waals surface area contributed by atoms with Crippen molar-refractivity contribution in [2.75, 3.05) is 13.2 Å². The van der Waals surface area contributed by atoms with Crippen molar-refractivity contribution in [3.05, 3.63) is 48.0 Å². The molecule has 1 aromatic rings. The van der Waals surface area contributed by atoms with Gasteiger partial charge in [-0.3, -0.25) is 0 Å². The zero-order chi connectivity index (χ0) is 17.4. The van der Waals surface area contributed by atoms with Gasteiger partial charge in [-0.25, -0.2) is 0 Å². The summed E-state index contributed by atoms with van der Waals surface area (Å²) in [6.07, 6.45) is 6.22. The summed E-state index contributed by atoms with van der Waals surface area (Å²) in [6, 6.07) is 10.3. The van der Waals surface area contributed by atoms with E-state index in [9.17, 15) is 0 Å². The van der Waals surface area contributed by atoms with E-state index in [1.54, 1.807) is 0 Å². The van der Waals surface area contributed by atoms with Crippen LogP contribution in [0.4, 0.5) is 0 Å². The molecule has 0 amide bonds. The van der Waals surface area contributed by atoms with Crippen LogP contribution in [0.5, 0.6) is 0 Å². The Morgan fingerprint density at radius 1 is 1.25 bits per heavy atom. The van der Waals surface area contributed by atoms with E-state index in [4.69, 9.17) is 19.9 Å². The van der Waals surface area contributed by atoms with Crippen molar-refractivity contribution in [3.8, 4) is 0 Å². The molecule has 1 saturated heterocycles. The molecular formula is C20H31NO3. The van der Waals surface area contributed by atoms with Gasteiger partial charge >= 0.3 is 0 Å². The minimum atomic E-state index is -0.546. The predicted molar refractivity (Wildman–Crippen MR) is 96.5 cm³/mol. The summed E-state index contributed by atoms with van der Waals surface area (Å²) in [4.78, 5) is 0. The van der Waals surface area contributed by atoms with Gasteiger partial charge in [0.05, 0.1) is 6.61 Å². The molecule has 1 aliphatic heterocycles. The molecule has 0 aromatic heterocycles. The Balaban J connectivity index is 1.63. The zero-order valence-corrected chi connectivity index (χ0v) is 15.1. The Labute approximate surface area is 146 Å². The molecule has 0 aliphatic carbocycles. The molecule has 4 nitrogen and oxygen atoms in total. The fourth-order valence-electron chi connectivity index (χ4n) is 2.82. The maximum absolute atomic E-state index is 5.87. The lowest BCUT2D eigenvalue weighted by Gasteiger charge is -2.16. The van der Waals surface area contributed by atoms with Crippen molar-refractivity contribution in [1.29, 1.82) is 0 Å². The third kappa shape index (κ3) is 6.36. The summed E-state index contributed by atoms with van der Waals surface area (Å²) >= 11 is 0. The van der Waals surface area contributed by atoms with E-state index in [0.717, 1.165) is 19.4 Å². The topological polar surface area (TPSA) is 53.7 Å². The lowest BCUT2D eigenvalue weighted by Crippen LogP contribution is -2.29. The van der Waals surface area contributed by atoms with Crippen molar-refractivity contribution in [3.63, 3.8) is 0 Å². The molecule has 0 saturated carbocycles. The molecule has 0 spiro atoms. The smallest absolute Gasteiger partial charge is 0.164 e. The molecule has 2 rings (SSSR count). The lowest BCUT2D eigenvalue weighted by molar-refractivity contribution is -0.142. The molecule has 3 unspecified atom stereocenters. The van der Waals surface area contributed by atoms with Crippen LogP contribution in [0, 0.1) is 5.92 Å². The van der Waals surface area contributed by atoms with Crippen molar-refractivity contribution in [1.82, 2.24) is 0 Å². The Kier molecular flexibility index (Phi) is 7.43. The maximum atomic E-state index is 5.87. The first kappa shape index (κ1) is 19.1. The monoisotopic (exact) mass is 333 g/mol. The van der Waals surface area contributed by atoms with E-state index >= 15 is 0 Å². The van der Waals surface area contributed by atoms with E-state index in [2.05, 4.69) is 31.2 Å². The predicted octanol–water partition coefficient (Wildman–Crippen LogP) is 3.65. The number of nitrogens with two attached hydrogens (primary N) is 1. The number of ether oxygens (including phenoxy) is 3. The van der Waals surface area contributed by atoms with Gasteiger partial charge in [0.1, 0.15) is 12.2 Å². The van der Waals surface area contributed by atoms with Crippen molar-refractivity contribution in [2.24, 2.45) is 11.7 Å². The number of hydrogen-bond acceptors (Lipinski definition) is 4. The summed E-state index contributed by atoms with van der Waals surface area (Å²) in [6.45, 7) is 8.04.